The van der Waals surface area contributed by atoms with Gasteiger partial charge in [0.25, 0.3) is 0 Å². The summed E-state index contributed by atoms with van der Waals surface area (Å²) in [5.41, 5.74) is 0.732. The van der Waals surface area contributed by atoms with Crippen molar-refractivity contribution >= 4 is 44.2 Å². The molecule has 4 rings (SSSR count). The zero-order valence-electron chi connectivity index (χ0n) is 18.1. The number of anilines is 1. The van der Waals surface area contributed by atoms with E-state index in [1.807, 2.05) is 54.8 Å². The van der Waals surface area contributed by atoms with Crippen molar-refractivity contribution in [3.8, 4) is 5.75 Å². The molecule has 1 aliphatic heterocycles. The van der Waals surface area contributed by atoms with Crippen molar-refractivity contribution < 1.29 is 17.9 Å². The van der Waals surface area contributed by atoms with E-state index in [1.165, 1.54) is 16.1 Å². The normalized spacial score (nSPS) is 15.6. The number of rotatable bonds is 6. The number of nitrogens with one attached hydrogen (secondary N) is 1. The zero-order chi connectivity index (χ0) is 22.7. The first kappa shape index (κ1) is 22.6. The van der Waals surface area contributed by atoms with E-state index in [1.54, 1.807) is 19.2 Å². The Morgan fingerprint density at radius 3 is 2.34 bits per heavy atom. The summed E-state index contributed by atoms with van der Waals surface area (Å²) in [6, 6.07) is 18.5. The molecule has 1 amide bonds. The molecular weight excluding hydrogens is 444 g/mol. The van der Waals surface area contributed by atoms with Crippen LogP contribution in [0.1, 0.15) is 12.8 Å². The largest absolute Gasteiger partial charge is 0.496 e. The molecule has 6 nitrogen and oxygen atoms in total. The lowest BCUT2D eigenvalue weighted by Crippen LogP contribution is -2.41. The minimum absolute atomic E-state index is 0.0816. The average Bonchev–Trinajstić information content (AvgIpc) is 2.84. The Labute approximate surface area is 193 Å². The first-order valence-corrected chi connectivity index (χ1v) is 13.1. The Bertz CT molecular complexity index is 1240. The molecule has 1 aliphatic rings. The van der Waals surface area contributed by atoms with Crippen LogP contribution >= 0.6 is 11.8 Å². The maximum absolute atomic E-state index is 13.1. The molecule has 1 N–H and O–H groups in total. The van der Waals surface area contributed by atoms with Crippen LogP contribution in [-0.4, -0.2) is 45.1 Å². The molecule has 168 valence electrons. The summed E-state index contributed by atoms with van der Waals surface area (Å²) in [5.74, 6) is 0.433. The molecule has 0 radical (unpaired) electrons. The number of amides is 1. The zero-order valence-corrected chi connectivity index (χ0v) is 19.7. The molecule has 0 aromatic heterocycles. The third-order valence-corrected chi connectivity index (χ3v) is 8.76. The van der Waals surface area contributed by atoms with Gasteiger partial charge in [-0.05, 0) is 43.4 Å². The van der Waals surface area contributed by atoms with Gasteiger partial charge in [-0.15, -0.1) is 11.8 Å². The number of thioether (sulfide) groups is 1. The highest BCUT2D eigenvalue weighted by Gasteiger charge is 2.33. The van der Waals surface area contributed by atoms with Gasteiger partial charge < -0.3 is 10.1 Å². The Morgan fingerprint density at radius 1 is 1.00 bits per heavy atom. The summed E-state index contributed by atoms with van der Waals surface area (Å²) in [7, 11) is -1.96. The van der Waals surface area contributed by atoms with Crippen LogP contribution in [0.25, 0.3) is 10.8 Å². The molecular formula is C24H26N2O4S2. The highest BCUT2D eigenvalue weighted by molar-refractivity contribution is 7.99. The van der Waals surface area contributed by atoms with Gasteiger partial charge in [0, 0.05) is 40.4 Å². The predicted octanol–water partition coefficient (Wildman–Crippen LogP) is 4.61. The Morgan fingerprint density at radius 2 is 1.66 bits per heavy atom. The maximum Gasteiger partial charge on any atom is 0.244 e. The number of sulfonamides is 1. The van der Waals surface area contributed by atoms with E-state index < -0.39 is 10.0 Å². The standard InChI is InChI=1S/C24H26N2O4S2/c1-30-21-12-11-20(18-7-3-4-8-19(18)21)25-24(27)17-13-15-26(16-14-17)32(28,29)23-10-6-5-9-22(23)31-2/h3-12,17H,13-16H2,1-2H3,(H,25,27). The second kappa shape index (κ2) is 9.52. The van der Waals surface area contributed by atoms with Crippen molar-refractivity contribution in [2.24, 2.45) is 5.92 Å². The van der Waals surface area contributed by atoms with Crippen molar-refractivity contribution in [3.63, 3.8) is 0 Å². The third-order valence-electron chi connectivity index (χ3n) is 5.87. The number of piperidine rings is 1. The second-order valence-corrected chi connectivity index (χ2v) is 10.4. The number of carbonyl (C=O) groups is 1. The van der Waals surface area contributed by atoms with Crippen LogP contribution in [0.3, 0.4) is 0 Å². The van der Waals surface area contributed by atoms with Gasteiger partial charge >= 0.3 is 0 Å². The first-order chi connectivity index (χ1) is 15.5. The second-order valence-electron chi connectivity index (χ2n) is 7.68. The van der Waals surface area contributed by atoms with Gasteiger partial charge in [-0.2, -0.15) is 4.31 Å². The summed E-state index contributed by atoms with van der Waals surface area (Å²) in [6.07, 6.45) is 2.84. The van der Waals surface area contributed by atoms with Gasteiger partial charge in [0.15, 0.2) is 0 Å². The average molecular weight is 471 g/mol. The van der Waals surface area contributed by atoms with Crippen LogP contribution in [-0.2, 0) is 14.8 Å². The number of fused-ring (bicyclic) bond motifs is 1. The van der Waals surface area contributed by atoms with E-state index in [0.29, 0.717) is 30.8 Å². The highest BCUT2D eigenvalue weighted by Crippen LogP contribution is 2.33. The van der Waals surface area contributed by atoms with Crippen LogP contribution < -0.4 is 10.1 Å². The molecule has 0 saturated carbocycles. The van der Waals surface area contributed by atoms with Gasteiger partial charge in [-0.3, -0.25) is 4.79 Å². The van der Waals surface area contributed by atoms with Gasteiger partial charge in [0.05, 0.1) is 12.0 Å². The fourth-order valence-electron chi connectivity index (χ4n) is 4.12. The quantitative estimate of drug-likeness (QED) is 0.533. The highest BCUT2D eigenvalue weighted by atomic mass is 32.2. The number of hydrogen-bond donors (Lipinski definition) is 1. The lowest BCUT2D eigenvalue weighted by molar-refractivity contribution is -0.120. The summed E-state index contributed by atoms with van der Waals surface area (Å²) in [5, 5.41) is 4.89. The molecule has 3 aromatic rings. The molecule has 3 aromatic carbocycles. The molecule has 1 fully saturated rings. The number of benzene rings is 3. The lowest BCUT2D eigenvalue weighted by atomic mass is 9.97. The molecule has 0 spiro atoms. The summed E-state index contributed by atoms with van der Waals surface area (Å²) in [6.45, 7) is 0.652. The van der Waals surface area contributed by atoms with E-state index in [4.69, 9.17) is 4.74 Å². The Balaban J connectivity index is 1.46. The fraction of sp³-hybridized carbons (Fsp3) is 0.292. The number of carbonyl (C=O) groups excluding carboxylic acids is 1. The lowest BCUT2D eigenvalue weighted by Gasteiger charge is -2.31. The Kier molecular flexibility index (Phi) is 6.74. The van der Waals surface area contributed by atoms with Crippen LogP contribution in [0.5, 0.6) is 5.75 Å². The van der Waals surface area contributed by atoms with Crippen molar-refractivity contribution in [1.29, 1.82) is 0 Å². The van der Waals surface area contributed by atoms with Crippen molar-refractivity contribution in [2.45, 2.75) is 22.6 Å². The molecule has 1 saturated heterocycles. The molecule has 32 heavy (non-hydrogen) atoms. The summed E-state index contributed by atoms with van der Waals surface area (Å²) < 4.78 is 33.2. The van der Waals surface area contributed by atoms with Gasteiger partial charge in [-0.1, -0.05) is 36.4 Å². The molecule has 0 bridgehead atoms. The van der Waals surface area contributed by atoms with Crippen LogP contribution in [0, 0.1) is 5.92 Å². The fourth-order valence-corrected chi connectivity index (χ4v) is 6.71. The SMILES string of the molecule is COc1ccc(NC(=O)C2CCN(S(=O)(=O)c3ccccc3SC)CC2)c2ccccc12. The molecule has 0 unspecified atom stereocenters. The topological polar surface area (TPSA) is 75.7 Å². The Hall–Kier alpha value is -2.55. The number of hydrogen-bond acceptors (Lipinski definition) is 5. The third kappa shape index (κ3) is 4.35. The van der Waals surface area contributed by atoms with Gasteiger partial charge in [0.1, 0.15) is 5.75 Å². The minimum Gasteiger partial charge on any atom is -0.496 e. The van der Waals surface area contributed by atoms with Crippen molar-refractivity contribution in [3.05, 3.63) is 60.7 Å². The summed E-state index contributed by atoms with van der Waals surface area (Å²) in [4.78, 5) is 14.0. The van der Waals surface area contributed by atoms with E-state index in [9.17, 15) is 13.2 Å². The maximum atomic E-state index is 13.1. The van der Waals surface area contributed by atoms with Crippen molar-refractivity contribution in [2.75, 3.05) is 31.8 Å². The number of nitrogens with zero attached hydrogens (tertiary/aromatic N) is 1. The van der Waals surface area contributed by atoms with Crippen LogP contribution in [0.15, 0.2) is 70.5 Å². The molecule has 1 heterocycles. The van der Waals surface area contributed by atoms with E-state index in [0.717, 1.165) is 27.1 Å². The number of methoxy groups -OCH3 is 1. The molecule has 0 aliphatic carbocycles. The van der Waals surface area contributed by atoms with E-state index in [-0.39, 0.29) is 11.8 Å². The van der Waals surface area contributed by atoms with Crippen LogP contribution in [0.2, 0.25) is 0 Å². The smallest absolute Gasteiger partial charge is 0.244 e. The van der Waals surface area contributed by atoms with Crippen molar-refractivity contribution in [1.82, 2.24) is 4.31 Å². The van der Waals surface area contributed by atoms with Crippen LogP contribution in [0.4, 0.5) is 5.69 Å². The molecule has 8 heteroatoms. The predicted molar refractivity (Wildman–Crippen MR) is 129 cm³/mol. The summed E-state index contributed by atoms with van der Waals surface area (Å²) >= 11 is 1.42. The molecule has 0 atom stereocenters. The van der Waals surface area contributed by atoms with Gasteiger partial charge in [0.2, 0.25) is 15.9 Å². The first-order valence-electron chi connectivity index (χ1n) is 10.5. The monoisotopic (exact) mass is 470 g/mol. The van der Waals surface area contributed by atoms with E-state index in [2.05, 4.69) is 5.32 Å². The number of ether oxygens (including phenoxy) is 1. The van der Waals surface area contributed by atoms with Gasteiger partial charge in [-0.25, -0.2) is 8.42 Å². The minimum atomic E-state index is -3.58. The van der Waals surface area contributed by atoms with E-state index >= 15 is 0 Å².